The second-order valence-electron chi connectivity index (χ2n) is 5.09. The third-order valence-corrected chi connectivity index (χ3v) is 4.11. The van der Waals surface area contributed by atoms with Crippen LogP contribution in [0.25, 0.3) is 11.3 Å². The van der Waals surface area contributed by atoms with Gasteiger partial charge in [0, 0.05) is 49.3 Å². The minimum atomic E-state index is 0.219. The van der Waals surface area contributed by atoms with Gasteiger partial charge in [0.1, 0.15) is 0 Å². The highest BCUT2D eigenvalue weighted by molar-refractivity contribution is 7.98. The quantitative estimate of drug-likeness (QED) is 0.786. The number of aliphatic hydroxyl groups excluding tert-OH is 1. The molecule has 2 rings (SSSR count). The minimum absolute atomic E-state index is 0.219. The maximum atomic E-state index is 9.13. The average molecular weight is 305 g/mol. The number of nitrogens with one attached hydrogen (secondary N) is 1. The molecule has 0 amide bonds. The van der Waals surface area contributed by atoms with Crippen molar-refractivity contribution in [1.82, 2.24) is 15.1 Å². The smallest absolute Gasteiger partial charge is 0.0967 e. The van der Waals surface area contributed by atoms with Gasteiger partial charge in [-0.1, -0.05) is 30.3 Å². The second kappa shape index (κ2) is 8.22. The lowest BCUT2D eigenvalue weighted by molar-refractivity contribution is 0.270. The highest BCUT2D eigenvalue weighted by Crippen LogP contribution is 2.21. The maximum Gasteiger partial charge on any atom is 0.0967 e. The molecule has 0 radical (unpaired) electrons. The number of hydrogen-bond acceptors (Lipinski definition) is 4. The lowest BCUT2D eigenvalue weighted by Gasteiger charge is -2.16. The summed E-state index contributed by atoms with van der Waals surface area (Å²) in [6.07, 6.45) is 4.93. The fourth-order valence-corrected chi connectivity index (χ4v) is 3.05. The Kier molecular flexibility index (Phi) is 6.29. The Morgan fingerprint density at radius 1 is 1.33 bits per heavy atom. The Morgan fingerprint density at radius 3 is 2.76 bits per heavy atom. The Labute approximate surface area is 130 Å². The summed E-state index contributed by atoms with van der Waals surface area (Å²) >= 11 is 1.80. The topological polar surface area (TPSA) is 50.1 Å². The van der Waals surface area contributed by atoms with Crippen LogP contribution < -0.4 is 5.32 Å². The zero-order valence-electron chi connectivity index (χ0n) is 12.6. The van der Waals surface area contributed by atoms with Gasteiger partial charge in [-0.05, 0) is 12.7 Å². The predicted molar refractivity (Wildman–Crippen MR) is 89.4 cm³/mol. The highest BCUT2D eigenvalue weighted by Gasteiger charge is 2.12. The average Bonchev–Trinajstić information content (AvgIpc) is 2.87. The monoisotopic (exact) mass is 305 g/mol. The van der Waals surface area contributed by atoms with Crippen LogP contribution in [0.3, 0.4) is 0 Å². The number of rotatable bonds is 8. The lowest BCUT2D eigenvalue weighted by Crippen LogP contribution is -2.31. The van der Waals surface area contributed by atoms with E-state index in [1.54, 1.807) is 11.8 Å². The summed E-state index contributed by atoms with van der Waals surface area (Å²) in [6, 6.07) is 10.6. The Balaban J connectivity index is 2.10. The van der Waals surface area contributed by atoms with Crippen LogP contribution in [0.1, 0.15) is 12.0 Å². The molecule has 1 atom stereocenters. The van der Waals surface area contributed by atoms with Crippen molar-refractivity contribution in [2.45, 2.75) is 19.0 Å². The summed E-state index contributed by atoms with van der Waals surface area (Å²) in [5, 5.41) is 17.2. The van der Waals surface area contributed by atoms with Crippen LogP contribution in [0.15, 0.2) is 36.5 Å². The molecule has 5 heteroatoms. The predicted octanol–water partition coefficient (Wildman–Crippen LogP) is 2.29. The summed E-state index contributed by atoms with van der Waals surface area (Å²) in [5.74, 6) is 1.00. The molecule has 0 bridgehead atoms. The van der Waals surface area contributed by atoms with Crippen LogP contribution >= 0.6 is 11.8 Å². The molecular formula is C16H23N3OS. The van der Waals surface area contributed by atoms with Crippen LogP contribution in [-0.4, -0.2) is 39.5 Å². The molecule has 0 saturated heterocycles. The van der Waals surface area contributed by atoms with Gasteiger partial charge in [0.25, 0.3) is 0 Å². The molecule has 0 aliphatic heterocycles. The van der Waals surface area contributed by atoms with Gasteiger partial charge >= 0.3 is 0 Å². The van der Waals surface area contributed by atoms with Gasteiger partial charge in [0.2, 0.25) is 0 Å². The first-order chi connectivity index (χ1) is 10.2. The number of aliphatic hydroxyl groups is 1. The van der Waals surface area contributed by atoms with Crippen molar-refractivity contribution in [3.63, 3.8) is 0 Å². The molecule has 1 aromatic carbocycles. The van der Waals surface area contributed by atoms with Crippen LogP contribution in [0.2, 0.25) is 0 Å². The maximum absolute atomic E-state index is 9.13. The lowest BCUT2D eigenvalue weighted by atomic mass is 10.1. The molecule has 4 nitrogen and oxygen atoms in total. The van der Waals surface area contributed by atoms with E-state index in [2.05, 4.69) is 35.0 Å². The number of aromatic nitrogens is 2. The van der Waals surface area contributed by atoms with Crippen molar-refractivity contribution in [3.8, 4) is 11.3 Å². The number of benzene rings is 1. The van der Waals surface area contributed by atoms with E-state index in [1.165, 1.54) is 5.56 Å². The zero-order valence-corrected chi connectivity index (χ0v) is 13.4. The molecule has 0 aliphatic carbocycles. The molecular weight excluding hydrogens is 282 g/mol. The standard InChI is InChI=1S/C16H23N3OS/c1-19-11-14(10-17-15(8-9-20)12-21-2)16(18-19)13-6-4-3-5-7-13/h3-7,11,15,17,20H,8-10,12H2,1-2H3. The SMILES string of the molecule is CSCC(CCO)NCc1cn(C)nc1-c1ccccc1. The van der Waals surface area contributed by atoms with E-state index in [1.807, 2.05) is 29.9 Å². The first kappa shape index (κ1) is 16.1. The number of thioether (sulfide) groups is 1. The fourth-order valence-electron chi connectivity index (χ4n) is 2.36. The van der Waals surface area contributed by atoms with Gasteiger partial charge in [-0.15, -0.1) is 0 Å². The summed E-state index contributed by atoms with van der Waals surface area (Å²) < 4.78 is 1.86. The summed E-state index contributed by atoms with van der Waals surface area (Å²) in [7, 11) is 1.95. The van der Waals surface area contributed by atoms with Gasteiger partial charge in [0.05, 0.1) is 5.69 Å². The van der Waals surface area contributed by atoms with Crippen molar-refractivity contribution in [3.05, 3.63) is 42.1 Å². The Bertz CT molecular complexity index is 536. The normalized spacial score (nSPS) is 12.5. The van der Waals surface area contributed by atoms with E-state index in [0.29, 0.717) is 6.04 Å². The molecule has 0 aliphatic rings. The van der Waals surface area contributed by atoms with Gasteiger partial charge < -0.3 is 10.4 Å². The molecule has 1 unspecified atom stereocenters. The van der Waals surface area contributed by atoms with E-state index in [-0.39, 0.29) is 6.61 Å². The molecule has 0 saturated carbocycles. The summed E-state index contributed by atoms with van der Waals surface area (Å²) in [4.78, 5) is 0. The molecule has 2 aromatic rings. The van der Waals surface area contributed by atoms with E-state index in [0.717, 1.165) is 30.0 Å². The second-order valence-corrected chi connectivity index (χ2v) is 6.00. The van der Waals surface area contributed by atoms with Crippen molar-refractivity contribution in [1.29, 1.82) is 0 Å². The van der Waals surface area contributed by atoms with E-state index in [4.69, 9.17) is 5.11 Å². The Morgan fingerprint density at radius 2 is 2.10 bits per heavy atom. The highest BCUT2D eigenvalue weighted by atomic mass is 32.2. The fraction of sp³-hybridized carbons (Fsp3) is 0.438. The van der Waals surface area contributed by atoms with Crippen LogP contribution in [0.4, 0.5) is 0 Å². The summed E-state index contributed by atoms with van der Waals surface area (Å²) in [6.45, 7) is 0.986. The van der Waals surface area contributed by atoms with Crippen molar-refractivity contribution in [2.75, 3.05) is 18.6 Å². The van der Waals surface area contributed by atoms with Gasteiger partial charge in [-0.2, -0.15) is 16.9 Å². The molecule has 1 aromatic heterocycles. The van der Waals surface area contributed by atoms with Crippen molar-refractivity contribution in [2.24, 2.45) is 7.05 Å². The number of hydrogen-bond donors (Lipinski definition) is 2. The third kappa shape index (κ3) is 4.59. The van der Waals surface area contributed by atoms with Gasteiger partial charge in [0.15, 0.2) is 0 Å². The molecule has 21 heavy (non-hydrogen) atoms. The van der Waals surface area contributed by atoms with Crippen LogP contribution in [0, 0.1) is 0 Å². The van der Waals surface area contributed by atoms with E-state index < -0.39 is 0 Å². The Hall–Kier alpha value is -1.30. The zero-order chi connectivity index (χ0) is 15.1. The minimum Gasteiger partial charge on any atom is -0.396 e. The molecule has 0 spiro atoms. The van der Waals surface area contributed by atoms with Crippen LogP contribution in [0.5, 0.6) is 0 Å². The number of aryl methyl sites for hydroxylation is 1. The van der Waals surface area contributed by atoms with Crippen molar-refractivity contribution >= 4 is 11.8 Å². The first-order valence-electron chi connectivity index (χ1n) is 7.15. The molecule has 0 fully saturated rings. The van der Waals surface area contributed by atoms with Gasteiger partial charge in [-0.3, -0.25) is 4.68 Å². The molecule has 1 heterocycles. The third-order valence-electron chi connectivity index (χ3n) is 3.38. The largest absolute Gasteiger partial charge is 0.396 e. The number of nitrogens with zero attached hydrogens (tertiary/aromatic N) is 2. The van der Waals surface area contributed by atoms with E-state index >= 15 is 0 Å². The van der Waals surface area contributed by atoms with Crippen LogP contribution in [-0.2, 0) is 13.6 Å². The van der Waals surface area contributed by atoms with Gasteiger partial charge in [-0.25, -0.2) is 0 Å². The summed E-state index contributed by atoms with van der Waals surface area (Å²) in [5.41, 5.74) is 3.35. The first-order valence-corrected chi connectivity index (χ1v) is 8.55. The van der Waals surface area contributed by atoms with Crippen molar-refractivity contribution < 1.29 is 5.11 Å². The molecule has 2 N–H and O–H groups in total. The molecule has 114 valence electrons. The van der Waals surface area contributed by atoms with E-state index in [9.17, 15) is 0 Å².